The lowest BCUT2D eigenvalue weighted by Crippen LogP contribution is -2.33. The van der Waals surface area contributed by atoms with Gasteiger partial charge in [0, 0.05) is 52.1 Å². The topological polar surface area (TPSA) is 50.8 Å². The number of anilines is 4. The molecule has 0 bridgehead atoms. The van der Waals surface area contributed by atoms with Gasteiger partial charge in [0.05, 0.1) is 5.56 Å². The first-order chi connectivity index (χ1) is 20.4. The first kappa shape index (κ1) is 25.9. The summed E-state index contributed by atoms with van der Waals surface area (Å²) in [6, 6.07) is 34.8. The number of hydrogen-bond donors (Lipinski definition) is 1. The number of nitrogens with one attached hydrogen (secondary N) is 1. The average Bonchev–Trinajstić information content (AvgIpc) is 3.29. The van der Waals surface area contributed by atoms with E-state index in [9.17, 15) is 4.79 Å². The second-order valence-corrected chi connectivity index (χ2v) is 11.1. The maximum atomic E-state index is 13.4. The highest BCUT2D eigenvalue weighted by Crippen LogP contribution is 2.57. The summed E-state index contributed by atoms with van der Waals surface area (Å²) < 4.78 is 13.1. The highest BCUT2D eigenvalue weighted by Gasteiger charge is 2.53. The molecule has 2 aliphatic heterocycles. The number of nitrogens with zero attached hydrogens (tertiary/aromatic N) is 1. The molecule has 5 nitrogen and oxygen atoms in total. The molecule has 0 fully saturated rings. The van der Waals surface area contributed by atoms with Crippen molar-refractivity contribution in [3.63, 3.8) is 0 Å². The molecule has 0 saturated heterocycles. The summed E-state index contributed by atoms with van der Waals surface area (Å²) in [4.78, 5) is 15.6. The van der Waals surface area contributed by atoms with Crippen LogP contribution in [-0.2, 0) is 10.3 Å². The largest absolute Gasteiger partial charge is 0.456 e. The van der Waals surface area contributed by atoms with Crippen molar-refractivity contribution in [1.82, 2.24) is 0 Å². The molecule has 5 aromatic carbocycles. The van der Waals surface area contributed by atoms with Gasteiger partial charge in [-0.05, 0) is 87.9 Å². The van der Waals surface area contributed by atoms with Crippen LogP contribution < -0.4 is 15.0 Å². The third kappa shape index (κ3) is 4.04. The molecule has 0 amide bonds. The summed E-state index contributed by atoms with van der Waals surface area (Å²) in [5.41, 5.74) is 9.34. The van der Waals surface area contributed by atoms with Gasteiger partial charge in [0.25, 0.3) is 0 Å². The number of carbonyl (C=O) groups is 1. The number of ether oxygens (including phenoxy) is 2. The minimum absolute atomic E-state index is 0.336. The van der Waals surface area contributed by atoms with E-state index < -0.39 is 5.60 Å². The lowest BCUT2D eigenvalue weighted by molar-refractivity contribution is 0.0224. The Morgan fingerprint density at radius 1 is 0.714 bits per heavy atom. The molecule has 5 aromatic rings. The van der Waals surface area contributed by atoms with Crippen molar-refractivity contribution < 1.29 is 14.3 Å². The van der Waals surface area contributed by atoms with Gasteiger partial charge in [-0.25, -0.2) is 4.79 Å². The number of carbonyl (C=O) groups excluding carboxylic acids is 1. The van der Waals surface area contributed by atoms with Gasteiger partial charge in [0.2, 0.25) is 0 Å². The minimum atomic E-state index is -1.13. The third-order valence-corrected chi connectivity index (χ3v) is 8.35. The summed E-state index contributed by atoms with van der Waals surface area (Å²) in [6.07, 6.45) is 0. The Kier molecular flexibility index (Phi) is 6.05. The molecule has 0 aliphatic carbocycles. The molecule has 42 heavy (non-hydrogen) atoms. The molecule has 1 N–H and O–H groups in total. The molecule has 1 spiro atoms. The van der Waals surface area contributed by atoms with E-state index in [0.717, 1.165) is 51.5 Å². The highest BCUT2D eigenvalue weighted by atomic mass is 16.6. The number of fused-ring (bicyclic) bond motifs is 6. The van der Waals surface area contributed by atoms with E-state index in [4.69, 9.17) is 9.47 Å². The van der Waals surface area contributed by atoms with Crippen LogP contribution in [-0.4, -0.2) is 12.5 Å². The highest BCUT2D eigenvalue weighted by molar-refractivity contribution is 5.97. The van der Waals surface area contributed by atoms with E-state index in [1.54, 1.807) is 0 Å². The van der Waals surface area contributed by atoms with Crippen LogP contribution in [0, 0.1) is 20.8 Å². The fraction of sp³-hybridized carbons (Fsp3) is 0.162. The Morgan fingerprint density at radius 3 is 2.12 bits per heavy atom. The molecule has 2 aliphatic rings. The number of esters is 1. The van der Waals surface area contributed by atoms with E-state index in [-0.39, 0.29) is 5.97 Å². The predicted molar refractivity (Wildman–Crippen MR) is 168 cm³/mol. The van der Waals surface area contributed by atoms with Crippen molar-refractivity contribution >= 4 is 28.7 Å². The molecule has 0 aromatic heterocycles. The van der Waals surface area contributed by atoms with Crippen molar-refractivity contribution in [2.45, 2.75) is 33.3 Å². The summed E-state index contributed by atoms with van der Waals surface area (Å²) in [6.45, 7) is 9.15. The van der Waals surface area contributed by atoms with E-state index in [0.29, 0.717) is 17.1 Å². The number of benzene rings is 5. The maximum Gasteiger partial charge on any atom is 0.340 e. The molecule has 7 rings (SSSR count). The molecule has 2 heterocycles. The van der Waals surface area contributed by atoms with Crippen molar-refractivity contribution in [2.24, 2.45) is 0 Å². The van der Waals surface area contributed by atoms with Gasteiger partial charge in [0.15, 0.2) is 5.60 Å². The summed E-state index contributed by atoms with van der Waals surface area (Å²) in [5.74, 6) is 1.01. The lowest BCUT2D eigenvalue weighted by Gasteiger charge is -2.38. The normalized spacial score (nSPS) is 16.2. The van der Waals surface area contributed by atoms with Gasteiger partial charge in [0.1, 0.15) is 11.5 Å². The Morgan fingerprint density at radius 2 is 1.38 bits per heavy atom. The van der Waals surface area contributed by atoms with Gasteiger partial charge >= 0.3 is 5.97 Å². The van der Waals surface area contributed by atoms with E-state index in [1.165, 1.54) is 11.1 Å². The quantitative estimate of drug-likeness (QED) is 0.220. The number of rotatable bonds is 5. The second-order valence-electron chi connectivity index (χ2n) is 11.1. The van der Waals surface area contributed by atoms with Crippen LogP contribution >= 0.6 is 0 Å². The van der Waals surface area contributed by atoms with Crippen molar-refractivity contribution in [3.05, 3.63) is 142 Å². The lowest BCUT2D eigenvalue weighted by atomic mass is 9.77. The standard InChI is InChI=1S/C37H32N2O3/c1-5-39(27-16-12-24(3)13-17-27)28-18-19-31-35(21-28)41-34-20-25(4)33(38-26-14-10-23(2)11-15-26)22-32(34)37(31)30-9-7-6-8-29(30)36(40)42-37/h6-22,38H,5H2,1-4H3. The van der Waals surface area contributed by atoms with Crippen LogP contribution in [0.1, 0.15) is 50.7 Å². The average molecular weight is 553 g/mol. The monoisotopic (exact) mass is 552 g/mol. The molecule has 1 unspecified atom stereocenters. The fourth-order valence-corrected chi connectivity index (χ4v) is 6.14. The molecular weight excluding hydrogens is 520 g/mol. The summed E-state index contributed by atoms with van der Waals surface area (Å²) in [5, 5.41) is 3.57. The van der Waals surface area contributed by atoms with Crippen LogP contribution in [0.2, 0.25) is 0 Å². The Hall–Kier alpha value is -5.03. The van der Waals surface area contributed by atoms with Crippen molar-refractivity contribution in [2.75, 3.05) is 16.8 Å². The van der Waals surface area contributed by atoms with Gasteiger partial charge < -0.3 is 19.7 Å². The third-order valence-electron chi connectivity index (χ3n) is 8.35. The van der Waals surface area contributed by atoms with Crippen LogP contribution in [0.25, 0.3) is 0 Å². The molecule has 5 heteroatoms. The van der Waals surface area contributed by atoms with E-state index in [2.05, 4.69) is 105 Å². The summed E-state index contributed by atoms with van der Waals surface area (Å²) >= 11 is 0. The summed E-state index contributed by atoms with van der Waals surface area (Å²) in [7, 11) is 0. The predicted octanol–water partition coefficient (Wildman–Crippen LogP) is 9.08. The molecular formula is C37H32N2O3. The van der Waals surface area contributed by atoms with Crippen LogP contribution in [0.5, 0.6) is 11.5 Å². The van der Waals surface area contributed by atoms with Crippen molar-refractivity contribution in [3.8, 4) is 11.5 Å². The molecule has 1 atom stereocenters. The van der Waals surface area contributed by atoms with Crippen LogP contribution in [0.3, 0.4) is 0 Å². The zero-order valence-electron chi connectivity index (χ0n) is 24.2. The Bertz CT molecular complexity index is 1840. The second kappa shape index (κ2) is 9.81. The SMILES string of the molecule is CCN(c1ccc(C)cc1)c1ccc2c(c1)Oc1cc(C)c(Nc3ccc(C)cc3)cc1C21OC(=O)c2ccccc21. The van der Waals surface area contributed by atoms with Gasteiger partial charge in [-0.3, -0.25) is 0 Å². The smallest absolute Gasteiger partial charge is 0.340 e. The van der Waals surface area contributed by atoms with Gasteiger partial charge in [-0.15, -0.1) is 0 Å². The zero-order chi connectivity index (χ0) is 29.0. The van der Waals surface area contributed by atoms with Crippen LogP contribution in [0.15, 0.2) is 103 Å². The minimum Gasteiger partial charge on any atom is -0.456 e. The Labute approximate surface area is 246 Å². The Balaban J connectivity index is 1.40. The molecule has 0 saturated carbocycles. The fourth-order valence-electron chi connectivity index (χ4n) is 6.14. The molecule has 208 valence electrons. The van der Waals surface area contributed by atoms with Gasteiger partial charge in [-0.1, -0.05) is 53.6 Å². The number of aryl methyl sites for hydroxylation is 3. The first-order valence-electron chi connectivity index (χ1n) is 14.4. The zero-order valence-corrected chi connectivity index (χ0v) is 24.2. The molecule has 0 radical (unpaired) electrons. The van der Waals surface area contributed by atoms with Crippen LogP contribution in [0.4, 0.5) is 22.7 Å². The van der Waals surface area contributed by atoms with Gasteiger partial charge in [-0.2, -0.15) is 0 Å². The van der Waals surface area contributed by atoms with E-state index >= 15 is 0 Å². The first-order valence-corrected chi connectivity index (χ1v) is 14.4. The van der Waals surface area contributed by atoms with E-state index in [1.807, 2.05) is 36.4 Å². The van der Waals surface area contributed by atoms with Crippen molar-refractivity contribution in [1.29, 1.82) is 0 Å². The number of hydrogen-bond acceptors (Lipinski definition) is 5. The maximum absolute atomic E-state index is 13.4.